The van der Waals surface area contributed by atoms with Crippen molar-refractivity contribution in [2.24, 2.45) is 0 Å². The summed E-state index contributed by atoms with van der Waals surface area (Å²) in [5.74, 6) is 0. The number of hydrogen-bond donors (Lipinski definition) is 0. The summed E-state index contributed by atoms with van der Waals surface area (Å²) < 4.78 is 0. The Morgan fingerprint density at radius 1 is 1.50 bits per heavy atom. The van der Waals surface area contributed by atoms with E-state index in [1.165, 1.54) is 6.42 Å². The molecule has 0 bridgehead atoms. The van der Waals surface area contributed by atoms with Crippen LogP contribution in [0.5, 0.6) is 0 Å². The van der Waals surface area contributed by atoms with Crippen molar-refractivity contribution in [1.82, 2.24) is 0 Å². The van der Waals surface area contributed by atoms with Crippen LogP contribution in [-0.2, 0) is 21.1 Å². The molecule has 0 radical (unpaired) electrons. The molecule has 0 aliphatic carbocycles. The third kappa shape index (κ3) is 8.82. The summed E-state index contributed by atoms with van der Waals surface area (Å²) in [6, 6.07) is 0. The van der Waals surface area contributed by atoms with Gasteiger partial charge < -0.3 is 5.32 Å². The van der Waals surface area contributed by atoms with Crippen molar-refractivity contribution in [2.45, 2.75) is 13.3 Å². The quantitative estimate of drug-likeness (QED) is 0.709. The van der Waals surface area contributed by atoms with Crippen molar-refractivity contribution in [2.75, 3.05) is 13.6 Å². The van der Waals surface area contributed by atoms with Gasteiger partial charge in [0.2, 0.25) is 0 Å². The fraction of sp³-hybridized carbons (Fsp3) is 1.00. The van der Waals surface area contributed by atoms with Crippen LogP contribution in [0.15, 0.2) is 0 Å². The van der Waals surface area contributed by atoms with E-state index < -0.39 is 0 Å². The van der Waals surface area contributed by atoms with Crippen molar-refractivity contribution >= 4 is 0 Å². The molecule has 0 aromatic rings. The molecule has 0 unspecified atom stereocenters. The summed E-state index contributed by atoms with van der Waals surface area (Å²) in [4.78, 5) is 0. The minimum absolute atomic E-state index is 0. The third-order valence-corrected chi connectivity index (χ3v) is 0.447. The summed E-state index contributed by atoms with van der Waals surface area (Å²) in [5, 5.41) is 3.85. The molecule has 0 heterocycles. The van der Waals surface area contributed by atoms with Gasteiger partial charge >= 0.3 is 0 Å². The third-order valence-electron chi connectivity index (χ3n) is 0.447. The summed E-state index contributed by atoms with van der Waals surface area (Å²) in [5.41, 5.74) is 0. The average molecular weight is 256 g/mol. The molecule has 0 aliphatic heterocycles. The van der Waals surface area contributed by atoms with E-state index in [-0.39, 0.29) is 21.1 Å². The number of hydrogen-bond acceptors (Lipinski definition) is 0. The molecule has 38 valence electrons. The Morgan fingerprint density at radius 3 is 2.00 bits per heavy atom. The maximum absolute atomic E-state index is 3.85. The normalized spacial score (nSPS) is 7.00. The van der Waals surface area contributed by atoms with Gasteiger partial charge in [0.1, 0.15) is 0 Å². The van der Waals surface area contributed by atoms with Gasteiger partial charge in [0.15, 0.2) is 0 Å². The Morgan fingerprint density at radius 2 is 2.00 bits per heavy atom. The zero-order valence-corrected chi connectivity index (χ0v) is 7.20. The Labute approximate surface area is 53.8 Å². The van der Waals surface area contributed by atoms with Crippen molar-refractivity contribution in [3.63, 3.8) is 0 Å². The van der Waals surface area contributed by atoms with Gasteiger partial charge in [-0.25, -0.2) is 0 Å². The van der Waals surface area contributed by atoms with Crippen LogP contribution >= 0.6 is 0 Å². The molecule has 1 nitrogen and oxygen atoms in total. The van der Waals surface area contributed by atoms with Crippen molar-refractivity contribution in [1.29, 1.82) is 0 Å². The van der Waals surface area contributed by atoms with Gasteiger partial charge in [-0.1, -0.05) is 13.3 Å². The molecule has 0 saturated heterocycles. The topological polar surface area (TPSA) is 14.1 Å². The van der Waals surface area contributed by atoms with E-state index in [1.807, 2.05) is 7.05 Å². The first-order valence-electron chi connectivity index (χ1n) is 1.97. The Hall–Kier alpha value is 0.648. The maximum atomic E-state index is 3.85. The van der Waals surface area contributed by atoms with Crippen LogP contribution in [0.2, 0.25) is 0 Å². The van der Waals surface area contributed by atoms with Crippen LogP contribution in [0.4, 0.5) is 0 Å². The van der Waals surface area contributed by atoms with Crippen LogP contribution in [0, 0.1) is 0 Å². The zero-order chi connectivity index (χ0) is 4.12. The van der Waals surface area contributed by atoms with Gasteiger partial charge in [-0.2, -0.15) is 7.05 Å². The van der Waals surface area contributed by atoms with Crippen LogP contribution in [0.25, 0.3) is 5.32 Å². The van der Waals surface area contributed by atoms with Crippen molar-refractivity contribution in [3.05, 3.63) is 5.32 Å². The average Bonchev–Trinajstić information content (AvgIpc) is 1.41. The number of rotatable bonds is 2. The van der Waals surface area contributed by atoms with Crippen molar-refractivity contribution in [3.8, 4) is 0 Å². The molecule has 0 fully saturated rings. The minimum atomic E-state index is 0. The van der Waals surface area contributed by atoms with E-state index in [1.54, 1.807) is 0 Å². The number of nitrogens with zero attached hydrogens (tertiary/aromatic N) is 1. The van der Waals surface area contributed by atoms with E-state index >= 15 is 0 Å². The predicted octanol–water partition coefficient (Wildman–Crippen LogP) is 1.40. The smallest absolute Gasteiger partial charge is 0 e. The molecular formula is C4H10NW-. The summed E-state index contributed by atoms with van der Waals surface area (Å²) >= 11 is 0. The van der Waals surface area contributed by atoms with E-state index in [0.717, 1.165) is 6.54 Å². The molecule has 6 heavy (non-hydrogen) atoms. The molecule has 0 spiro atoms. The van der Waals surface area contributed by atoms with Crippen LogP contribution in [0.1, 0.15) is 13.3 Å². The second kappa shape index (κ2) is 9.17. The SMILES string of the molecule is CCC[N-]C.[W]. The monoisotopic (exact) mass is 256 g/mol. The Bertz CT molecular complexity index is 15.0. The molecular weight excluding hydrogens is 246 g/mol. The summed E-state index contributed by atoms with van der Waals surface area (Å²) in [7, 11) is 1.84. The van der Waals surface area contributed by atoms with Gasteiger partial charge in [0.25, 0.3) is 0 Å². The van der Waals surface area contributed by atoms with E-state index in [2.05, 4.69) is 12.2 Å². The van der Waals surface area contributed by atoms with Crippen molar-refractivity contribution < 1.29 is 21.1 Å². The first kappa shape index (κ1) is 9.82. The molecule has 0 aromatic carbocycles. The molecule has 0 saturated carbocycles. The molecule has 0 amide bonds. The molecule has 0 N–H and O–H groups in total. The Balaban J connectivity index is 0. The van der Waals surface area contributed by atoms with E-state index in [9.17, 15) is 0 Å². The molecule has 0 aromatic heterocycles. The van der Waals surface area contributed by atoms with Gasteiger partial charge in [0, 0.05) is 21.1 Å². The fourth-order valence-electron chi connectivity index (χ4n) is 0.224. The second-order valence-corrected chi connectivity index (χ2v) is 1.04. The summed E-state index contributed by atoms with van der Waals surface area (Å²) in [6.45, 7) is 3.13. The molecule has 0 atom stereocenters. The van der Waals surface area contributed by atoms with E-state index in [0.29, 0.717) is 0 Å². The molecule has 2 heteroatoms. The van der Waals surface area contributed by atoms with Crippen LogP contribution < -0.4 is 0 Å². The zero-order valence-electron chi connectivity index (χ0n) is 4.27. The Kier molecular flexibility index (Phi) is 15.0. The largest absolute Gasteiger partial charge is 0.665 e. The van der Waals surface area contributed by atoms with Gasteiger partial charge in [-0.15, -0.1) is 6.54 Å². The van der Waals surface area contributed by atoms with Gasteiger partial charge in [-0.05, 0) is 0 Å². The second-order valence-electron chi connectivity index (χ2n) is 1.04. The first-order valence-corrected chi connectivity index (χ1v) is 1.97. The van der Waals surface area contributed by atoms with Gasteiger partial charge in [0.05, 0.1) is 0 Å². The summed E-state index contributed by atoms with van der Waals surface area (Å²) in [6.07, 6.45) is 1.18. The standard InChI is InChI=1S/C4H10N.W/c1-3-4-5-2;/h3-4H2,1-2H3;/q-1;. The minimum Gasteiger partial charge on any atom is -0.665 e. The molecule has 0 aliphatic rings. The van der Waals surface area contributed by atoms with Gasteiger partial charge in [-0.3, -0.25) is 0 Å². The predicted molar refractivity (Wildman–Crippen MR) is 24.4 cm³/mol. The fourth-order valence-corrected chi connectivity index (χ4v) is 0.224. The molecule has 0 rings (SSSR count). The maximum Gasteiger partial charge on any atom is 0 e. The van der Waals surface area contributed by atoms with Crippen LogP contribution in [-0.4, -0.2) is 13.6 Å². The van der Waals surface area contributed by atoms with E-state index in [4.69, 9.17) is 0 Å². The van der Waals surface area contributed by atoms with Crippen LogP contribution in [0.3, 0.4) is 0 Å². The first-order chi connectivity index (χ1) is 2.41.